The van der Waals surface area contributed by atoms with Crippen molar-refractivity contribution in [2.75, 3.05) is 0 Å². The lowest BCUT2D eigenvalue weighted by Gasteiger charge is -2.32. The molecule has 0 radical (unpaired) electrons. The van der Waals surface area contributed by atoms with Gasteiger partial charge in [-0.3, -0.25) is 0 Å². The van der Waals surface area contributed by atoms with E-state index in [-0.39, 0.29) is 0 Å². The van der Waals surface area contributed by atoms with Crippen LogP contribution in [0, 0.1) is 41.1 Å². The molecule has 0 aliphatic heterocycles. The minimum atomic E-state index is -1.36. The van der Waals surface area contributed by atoms with Crippen LogP contribution in [0.1, 0.15) is 128 Å². The van der Waals surface area contributed by atoms with Crippen molar-refractivity contribution in [2.45, 2.75) is 129 Å². The average Bonchev–Trinajstić information content (AvgIpc) is 2.83. The van der Waals surface area contributed by atoms with Crippen molar-refractivity contribution in [3.05, 3.63) is 35.1 Å². The summed E-state index contributed by atoms with van der Waals surface area (Å²) in [5, 5.41) is 0. The van der Waals surface area contributed by atoms with E-state index >= 15 is 0 Å². The van der Waals surface area contributed by atoms with E-state index in [1.54, 1.807) is 0 Å². The predicted octanol–water partition coefficient (Wildman–Crippen LogP) is 10.2. The van der Waals surface area contributed by atoms with Crippen molar-refractivity contribution < 1.29 is 13.2 Å². The molecule has 0 aromatic heterocycles. The molecule has 2 aliphatic rings. The molecule has 1 aromatic rings. The molecule has 0 N–H and O–H groups in total. The lowest BCUT2D eigenvalue weighted by molar-refractivity contribution is 0.208. The Bertz CT molecular complexity index is 646. The van der Waals surface area contributed by atoms with Gasteiger partial charge in [0.05, 0.1) is 0 Å². The van der Waals surface area contributed by atoms with Gasteiger partial charge in [-0.25, -0.2) is 13.2 Å². The van der Waals surface area contributed by atoms with E-state index in [1.807, 2.05) is 0 Å². The summed E-state index contributed by atoms with van der Waals surface area (Å²) in [6.45, 7) is 2.29. The molecule has 188 valence electrons. The summed E-state index contributed by atoms with van der Waals surface area (Å²) in [6, 6.07) is 2.32. The van der Waals surface area contributed by atoms with Crippen molar-refractivity contribution in [2.24, 2.45) is 23.7 Å². The Balaban J connectivity index is 1.23. The van der Waals surface area contributed by atoms with Crippen LogP contribution in [0.25, 0.3) is 0 Å². The molecule has 0 spiro atoms. The molecule has 0 saturated heterocycles. The first-order valence-corrected chi connectivity index (χ1v) is 14.2. The van der Waals surface area contributed by atoms with Crippen molar-refractivity contribution in [1.29, 1.82) is 0 Å². The van der Waals surface area contributed by atoms with Crippen LogP contribution in [0.15, 0.2) is 12.1 Å². The molecular weight excluding hydrogens is 417 g/mol. The molecule has 2 fully saturated rings. The van der Waals surface area contributed by atoms with E-state index in [2.05, 4.69) is 6.92 Å². The van der Waals surface area contributed by atoms with Crippen LogP contribution in [0.5, 0.6) is 0 Å². The van der Waals surface area contributed by atoms with E-state index in [0.717, 1.165) is 36.3 Å². The van der Waals surface area contributed by atoms with Gasteiger partial charge in [-0.1, -0.05) is 116 Å². The number of benzene rings is 1. The van der Waals surface area contributed by atoms with Crippen LogP contribution >= 0.6 is 0 Å². The largest absolute Gasteiger partial charge is 0.204 e. The normalized spacial score (nSPS) is 25.9. The summed E-state index contributed by atoms with van der Waals surface area (Å²) >= 11 is 0. The van der Waals surface area contributed by atoms with Gasteiger partial charge in [-0.15, -0.1) is 0 Å². The van der Waals surface area contributed by atoms with Gasteiger partial charge in [0, 0.05) is 0 Å². The second kappa shape index (κ2) is 14.4. The van der Waals surface area contributed by atoms with Crippen LogP contribution in [0.4, 0.5) is 13.2 Å². The summed E-state index contributed by atoms with van der Waals surface area (Å²) < 4.78 is 39.9. The molecule has 0 heterocycles. The Kier molecular flexibility index (Phi) is 11.6. The third-order valence-corrected chi connectivity index (χ3v) is 8.77. The van der Waals surface area contributed by atoms with Crippen LogP contribution in [0.3, 0.4) is 0 Å². The Labute approximate surface area is 201 Å². The van der Waals surface area contributed by atoms with Crippen LogP contribution in [-0.2, 0) is 6.42 Å². The molecule has 0 nitrogen and oxygen atoms in total. The highest BCUT2D eigenvalue weighted by Gasteiger charge is 2.25. The van der Waals surface area contributed by atoms with Crippen LogP contribution in [0.2, 0.25) is 0 Å². The molecule has 1 aromatic carbocycles. The zero-order valence-corrected chi connectivity index (χ0v) is 21.0. The van der Waals surface area contributed by atoms with Crippen LogP contribution in [-0.4, -0.2) is 0 Å². The fourth-order valence-corrected chi connectivity index (χ4v) is 6.43. The minimum Gasteiger partial charge on any atom is -0.204 e. The van der Waals surface area contributed by atoms with Gasteiger partial charge in [0.2, 0.25) is 0 Å². The van der Waals surface area contributed by atoms with E-state index in [9.17, 15) is 13.2 Å². The number of unbranched alkanes of at least 4 members (excludes halogenated alkanes) is 5. The Morgan fingerprint density at radius 2 is 1.00 bits per heavy atom. The fourth-order valence-electron chi connectivity index (χ4n) is 6.43. The maximum atomic E-state index is 13.4. The summed E-state index contributed by atoms with van der Waals surface area (Å²) in [7, 11) is 0. The Hall–Kier alpha value is -0.990. The standard InChI is InChI=1S/C30H47F3/c1-2-3-4-5-6-7-8-23-9-11-24(12-10-23)13-14-25-15-17-26(18-16-25)19-20-27-21-28(31)30(33)29(32)22-27/h21-26H,2-20H2,1H3/t23-,24-,25-,26-. The quantitative estimate of drug-likeness (QED) is 0.201. The maximum absolute atomic E-state index is 13.4. The zero-order valence-electron chi connectivity index (χ0n) is 21.0. The van der Waals surface area contributed by atoms with Crippen molar-refractivity contribution in [3.63, 3.8) is 0 Å². The second-order valence-electron chi connectivity index (χ2n) is 11.3. The lowest BCUT2D eigenvalue weighted by atomic mass is 9.74. The monoisotopic (exact) mass is 464 g/mol. The molecule has 2 aliphatic carbocycles. The molecule has 2 saturated carbocycles. The molecular formula is C30H47F3. The molecule has 33 heavy (non-hydrogen) atoms. The van der Waals surface area contributed by atoms with E-state index in [0.29, 0.717) is 17.9 Å². The Morgan fingerprint density at radius 1 is 0.576 bits per heavy atom. The molecule has 3 heteroatoms. The second-order valence-corrected chi connectivity index (χ2v) is 11.3. The smallest absolute Gasteiger partial charge is 0.194 e. The van der Waals surface area contributed by atoms with Gasteiger partial charge in [0.15, 0.2) is 17.5 Å². The van der Waals surface area contributed by atoms with Gasteiger partial charge in [0.1, 0.15) is 0 Å². The van der Waals surface area contributed by atoms with Gasteiger partial charge in [-0.05, 0) is 54.2 Å². The highest BCUT2D eigenvalue weighted by atomic mass is 19.2. The van der Waals surface area contributed by atoms with Gasteiger partial charge in [0.25, 0.3) is 0 Å². The summed E-state index contributed by atoms with van der Waals surface area (Å²) in [5.41, 5.74) is 0.584. The SMILES string of the molecule is CCCCCCCC[C@H]1CC[C@H](CC[C@H]2CC[C@H](CCc3cc(F)c(F)c(F)c3)CC2)CC1. The molecule has 0 bridgehead atoms. The van der Waals surface area contributed by atoms with E-state index in [4.69, 9.17) is 0 Å². The zero-order chi connectivity index (χ0) is 23.5. The number of hydrogen-bond donors (Lipinski definition) is 0. The maximum Gasteiger partial charge on any atom is 0.194 e. The molecule has 0 atom stereocenters. The van der Waals surface area contributed by atoms with Crippen LogP contribution < -0.4 is 0 Å². The number of aryl methyl sites for hydroxylation is 1. The fraction of sp³-hybridized carbons (Fsp3) is 0.800. The first-order chi connectivity index (χ1) is 16.0. The van der Waals surface area contributed by atoms with Crippen molar-refractivity contribution >= 4 is 0 Å². The van der Waals surface area contributed by atoms with E-state index in [1.165, 1.54) is 109 Å². The van der Waals surface area contributed by atoms with Gasteiger partial charge >= 0.3 is 0 Å². The summed E-state index contributed by atoms with van der Waals surface area (Å²) in [5.74, 6) is 0.0104. The topological polar surface area (TPSA) is 0 Å². The minimum absolute atomic E-state index is 0.584. The first kappa shape index (κ1) is 26.6. The Morgan fingerprint density at radius 3 is 1.52 bits per heavy atom. The molecule has 0 amide bonds. The van der Waals surface area contributed by atoms with E-state index < -0.39 is 17.5 Å². The van der Waals surface area contributed by atoms with Gasteiger partial charge in [-0.2, -0.15) is 0 Å². The van der Waals surface area contributed by atoms with Crippen molar-refractivity contribution in [1.82, 2.24) is 0 Å². The summed E-state index contributed by atoms with van der Waals surface area (Å²) in [6.07, 6.45) is 25.4. The highest BCUT2D eigenvalue weighted by molar-refractivity contribution is 5.19. The third-order valence-electron chi connectivity index (χ3n) is 8.77. The first-order valence-electron chi connectivity index (χ1n) is 14.2. The highest BCUT2D eigenvalue weighted by Crippen LogP contribution is 2.38. The lowest BCUT2D eigenvalue weighted by Crippen LogP contribution is -2.18. The van der Waals surface area contributed by atoms with Crippen molar-refractivity contribution in [3.8, 4) is 0 Å². The van der Waals surface area contributed by atoms with Gasteiger partial charge < -0.3 is 0 Å². The number of rotatable bonds is 13. The average molecular weight is 465 g/mol. The number of halogens is 3. The third kappa shape index (κ3) is 9.29. The predicted molar refractivity (Wildman–Crippen MR) is 133 cm³/mol. The number of hydrogen-bond acceptors (Lipinski definition) is 0. The molecule has 0 unspecified atom stereocenters. The summed E-state index contributed by atoms with van der Waals surface area (Å²) in [4.78, 5) is 0. The molecule has 3 rings (SSSR count).